The van der Waals surface area contributed by atoms with Gasteiger partial charge in [0.05, 0.1) is 5.92 Å². The van der Waals surface area contributed by atoms with Crippen LogP contribution in [0.15, 0.2) is 12.2 Å². The fourth-order valence-corrected chi connectivity index (χ4v) is 5.71. The summed E-state index contributed by atoms with van der Waals surface area (Å²) in [5.41, 5.74) is 0. The highest BCUT2D eigenvalue weighted by atomic mass is 17.0. The van der Waals surface area contributed by atoms with Crippen LogP contribution >= 0.6 is 0 Å². The molecule has 0 radical (unpaired) electrons. The van der Waals surface area contributed by atoms with E-state index in [1.807, 2.05) is 0 Å². The van der Waals surface area contributed by atoms with E-state index in [0.29, 0.717) is 37.5 Å². The minimum Gasteiger partial charge on any atom is -0.310 e. The highest BCUT2D eigenvalue weighted by molar-refractivity contribution is 6.04. The molecule has 6 heteroatoms. The van der Waals surface area contributed by atoms with Gasteiger partial charge in [-0.2, -0.15) is 0 Å². The number of hydrogen-bond donors (Lipinski definition) is 0. The molecule has 0 aromatic rings. The van der Waals surface area contributed by atoms with Gasteiger partial charge in [0.2, 0.25) is 0 Å². The summed E-state index contributed by atoms with van der Waals surface area (Å²) >= 11 is 0. The van der Waals surface area contributed by atoms with Crippen molar-refractivity contribution in [3.05, 3.63) is 22.3 Å². The normalized spacial score (nSPS) is 43.6. The third-order valence-corrected chi connectivity index (χ3v) is 6.27. The molecular formula is C16H19NO5. The molecule has 0 N–H and O–H groups in total. The van der Waals surface area contributed by atoms with Crippen LogP contribution in [-0.2, 0) is 14.4 Å². The quantitative estimate of drug-likeness (QED) is 0.344. The topological polar surface area (TPSA) is 86.5 Å². The second-order valence-corrected chi connectivity index (χ2v) is 7.09. The predicted molar refractivity (Wildman–Crippen MR) is 75.0 cm³/mol. The molecular weight excluding hydrogens is 286 g/mol. The number of allylic oxidation sites excluding steroid dienone is 2. The summed E-state index contributed by atoms with van der Waals surface area (Å²) in [6.45, 7) is 0. The number of nitrogens with zero attached hydrogens (tertiary/aromatic N) is 1. The van der Waals surface area contributed by atoms with E-state index in [-0.39, 0.29) is 29.3 Å². The average molecular weight is 305 g/mol. The average Bonchev–Trinajstić information content (AvgIpc) is 3.09. The van der Waals surface area contributed by atoms with Gasteiger partial charge in [-0.3, -0.25) is 9.59 Å². The lowest BCUT2D eigenvalue weighted by atomic mass is 9.72. The van der Waals surface area contributed by atoms with E-state index < -0.39 is 17.1 Å². The molecule has 4 rings (SSSR count). The van der Waals surface area contributed by atoms with Gasteiger partial charge in [-0.15, -0.1) is 10.1 Å². The minimum absolute atomic E-state index is 0.0357. The first-order chi connectivity index (χ1) is 10.6. The van der Waals surface area contributed by atoms with Gasteiger partial charge < -0.3 is 4.84 Å². The zero-order chi connectivity index (χ0) is 15.4. The van der Waals surface area contributed by atoms with Crippen molar-refractivity contribution in [2.75, 3.05) is 0 Å². The van der Waals surface area contributed by atoms with E-state index in [2.05, 4.69) is 12.2 Å². The van der Waals surface area contributed by atoms with E-state index in [1.54, 1.807) is 0 Å². The van der Waals surface area contributed by atoms with Crippen molar-refractivity contribution in [3.63, 3.8) is 0 Å². The molecule has 3 saturated carbocycles. The molecule has 22 heavy (non-hydrogen) atoms. The lowest BCUT2D eigenvalue weighted by Crippen LogP contribution is -2.39. The number of carbonyl (C=O) groups is 2. The number of rotatable bonds is 3. The Hall–Kier alpha value is -1.72. The van der Waals surface area contributed by atoms with Crippen molar-refractivity contribution in [2.24, 2.45) is 35.5 Å². The molecule has 0 saturated heterocycles. The van der Waals surface area contributed by atoms with Gasteiger partial charge in [0.25, 0.3) is 5.09 Å². The largest absolute Gasteiger partial charge is 0.310 e. The van der Waals surface area contributed by atoms with Gasteiger partial charge in [-0.05, 0) is 48.9 Å². The fourth-order valence-electron chi connectivity index (χ4n) is 5.71. The second-order valence-electron chi connectivity index (χ2n) is 7.09. The molecule has 4 aliphatic carbocycles. The van der Waals surface area contributed by atoms with Gasteiger partial charge in [0.1, 0.15) is 17.7 Å². The highest BCUT2D eigenvalue weighted by Gasteiger charge is 2.63. The van der Waals surface area contributed by atoms with Crippen LogP contribution < -0.4 is 0 Å². The van der Waals surface area contributed by atoms with Crippen LogP contribution in [0.25, 0.3) is 0 Å². The first-order valence-electron chi connectivity index (χ1n) is 8.11. The summed E-state index contributed by atoms with van der Waals surface area (Å²) in [5.74, 6) is 0.304. The third-order valence-electron chi connectivity index (χ3n) is 6.27. The molecule has 3 fully saturated rings. The van der Waals surface area contributed by atoms with Crippen molar-refractivity contribution < 1.29 is 19.5 Å². The van der Waals surface area contributed by atoms with E-state index in [0.717, 1.165) is 6.42 Å². The van der Waals surface area contributed by atoms with Crippen LogP contribution in [0.2, 0.25) is 0 Å². The molecule has 0 heterocycles. The Balaban J connectivity index is 1.67. The lowest BCUT2D eigenvalue weighted by molar-refractivity contribution is -0.770. The van der Waals surface area contributed by atoms with Gasteiger partial charge in [0, 0.05) is 12.8 Å². The lowest BCUT2D eigenvalue weighted by Gasteiger charge is -2.31. The first kappa shape index (κ1) is 13.9. The van der Waals surface area contributed by atoms with Crippen molar-refractivity contribution >= 4 is 11.6 Å². The maximum Gasteiger partial charge on any atom is 0.294 e. The molecule has 6 nitrogen and oxygen atoms in total. The zero-order valence-corrected chi connectivity index (χ0v) is 12.2. The number of hydrogen-bond acceptors (Lipinski definition) is 5. The molecule has 0 aliphatic heterocycles. The Morgan fingerprint density at radius 1 is 1.14 bits per heavy atom. The Labute approximate surface area is 128 Å². The molecule has 0 aromatic carbocycles. The summed E-state index contributed by atoms with van der Waals surface area (Å²) < 4.78 is 0. The molecule has 0 spiro atoms. The summed E-state index contributed by atoms with van der Waals surface area (Å²) in [4.78, 5) is 40.4. The van der Waals surface area contributed by atoms with Crippen LogP contribution in [0.3, 0.4) is 0 Å². The smallest absolute Gasteiger partial charge is 0.294 e. The molecule has 4 aliphatic rings. The van der Waals surface area contributed by atoms with Crippen LogP contribution in [0, 0.1) is 45.6 Å². The van der Waals surface area contributed by atoms with Crippen molar-refractivity contribution in [3.8, 4) is 0 Å². The number of fused-ring (bicyclic) bond motifs is 5. The van der Waals surface area contributed by atoms with E-state index >= 15 is 0 Å². The Kier molecular flexibility index (Phi) is 3.09. The van der Waals surface area contributed by atoms with Gasteiger partial charge in [0.15, 0.2) is 0 Å². The summed E-state index contributed by atoms with van der Waals surface area (Å²) in [6.07, 6.45) is 6.93. The van der Waals surface area contributed by atoms with Crippen molar-refractivity contribution in [1.29, 1.82) is 0 Å². The molecule has 0 aromatic heterocycles. The first-order valence-corrected chi connectivity index (χ1v) is 8.11. The molecule has 2 bridgehead atoms. The molecule has 6 atom stereocenters. The van der Waals surface area contributed by atoms with Crippen LogP contribution in [0.4, 0.5) is 0 Å². The van der Waals surface area contributed by atoms with E-state index in [4.69, 9.17) is 4.84 Å². The SMILES string of the molecule is O=C1CCCC(=O)C1[C@@H]1[C@H]2C[C@@H](O[N+](=O)[O-])[C@@H]1[C@H]1CC=C[C@@H]21. The maximum absolute atomic E-state index is 12.3. The monoisotopic (exact) mass is 305 g/mol. The molecule has 0 unspecified atom stereocenters. The van der Waals surface area contributed by atoms with Crippen molar-refractivity contribution in [1.82, 2.24) is 0 Å². The number of ketones is 2. The zero-order valence-electron chi connectivity index (χ0n) is 12.2. The van der Waals surface area contributed by atoms with E-state index in [9.17, 15) is 19.7 Å². The summed E-state index contributed by atoms with van der Waals surface area (Å²) in [5, 5.41) is 10.1. The highest BCUT2D eigenvalue weighted by Crippen LogP contribution is 2.63. The van der Waals surface area contributed by atoms with E-state index in [1.165, 1.54) is 0 Å². The van der Waals surface area contributed by atoms with Crippen LogP contribution in [0.1, 0.15) is 32.1 Å². The van der Waals surface area contributed by atoms with Crippen molar-refractivity contribution in [2.45, 2.75) is 38.2 Å². The maximum atomic E-state index is 12.3. The Morgan fingerprint density at radius 3 is 2.55 bits per heavy atom. The summed E-state index contributed by atoms with van der Waals surface area (Å²) in [7, 11) is 0. The van der Waals surface area contributed by atoms with Gasteiger partial charge >= 0.3 is 0 Å². The number of carbonyl (C=O) groups excluding carboxylic acids is 2. The molecule has 0 amide bonds. The van der Waals surface area contributed by atoms with Crippen LogP contribution in [-0.4, -0.2) is 22.8 Å². The standard InChI is InChI=1S/C16H19NO5/c18-11-5-2-6-12(19)16(11)15-10-7-13(22-17(20)21)14(15)9-4-1-3-8(9)10/h1,3,8-10,13-16H,2,4-7H2/t8-,9+,10+,13-,14+,15-/m1/s1. The fraction of sp³-hybridized carbons (Fsp3) is 0.750. The number of Topliss-reactive ketones (excluding diaryl/α,β-unsaturated/α-hetero) is 2. The Morgan fingerprint density at radius 2 is 1.86 bits per heavy atom. The minimum atomic E-state index is -0.718. The summed E-state index contributed by atoms with van der Waals surface area (Å²) in [6, 6.07) is 0. The van der Waals surface area contributed by atoms with Gasteiger partial charge in [-0.1, -0.05) is 12.2 Å². The third kappa shape index (κ3) is 1.85. The van der Waals surface area contributed by atoms with Crippen LogP contribution in [0.5, 0.6) is 0 Å². The predicted octanol–water partition coefficient (Wildman–Crippen LogP) is 1.96. The van der Waals surface area contributed by atoms with Gasteiger partial charge in [-0.25, -0.2) is 0 Å². The molecule has 118 valence electrons. The Bertz CT molecular complexity index is 555. The second kappa shape index (κ2) is 4.89.